The summed E-state index contributed by atoms with van der Waals surface area (Å²) in [5.74, 6) is 1.90. The molecular weight excluding hydrogens is 328 g/mol. The lowest BCUT2D eigenvalue weighted by Gasteiger charge is -2.23. The van der Waals surface area contributed by atoms with Crippen LogP contribution in [0.2, 0.25) is 0 Å². The molecule has 1 saturated heterocycles. The zero-order valence-corrected chi connectivity index (χ0v) is 14.9. The number of nitrogens with zero attached hydrogens (tertiary/aromatic N) is 2. The molecule has 3 aliphatic rings. The van der Waals surface area contributed by atoms with Crippen molar-refractivity contribution in [2.75, 3.05) is 13.1 Å². The quantitative estimate of drug-likeness (QED) is 0.865. The summed E-state index contributed by atoms with van der Waals surface area (Å²) in [4.78, 5) is 16.8. The van der Waals surface area contributed by atoms with E-state index in [4.69, 9.17) is 4.52 Å². The third-order valence-corrected chi connectivity index (χ3v) is 5.97. The van der Waals surface area contributed by atoms with Crippen molar-refractivity contribution < 1.29 is 9.32 Å². The average Bonchev–Trinajstić information content (AvgIpc) is 3.22. The highest BCUT2D eigenvalue weighted by Gasteiger charge is 2.51. The monoisotopic (exact) mass is 354 g/mol. The van der Waals surface area contributed by atoms with E-state index in [1.807, 2.05) is 0 Å². The second-order valence-corrected chi connectivity index (χ2v) is 7.47. The predicted molar refractivity (Wildman–Crippen MR) is 92.2 cm³/mol. The van der Waals surface area contributed by atoms with E-state index in [1.54, 1.807) is 0 Å². The first-order valence-electron chi connectivity index (χ1n) is 9.09. The van der Waals surface area contributed by atoms with Gasteiger partial charge in [0.25, 0.3) is 0 Å². The second kappa shape index (κ2) is 7.40. The van der Waals surface area contributed by atoms with Gasteiger partial charge in [-0.2, -0.15) is 4.98 Å². The van der Waals surface area contributed by atoms with Gasteiger partial charge in [0, 0.05) is 12.6 Å². The van der Waals surface area contributed by atoms with Gasteiger partial charge in [0.1, 0.15) is 0 Å². The Morgan fingerprint density at radius 1 is 1.25 bits per heavy atom. The van der Waals surface area contributed by atoms with Crippen LogP contribution in [0.1, 0.15) is 63.1 Å². The largest absolute Gasteiger partial charge is 0.353 e. The molecule has 0 aromatic carbocycles. The number of hydrogen-bond acceptors (Lipinski definition) is 5. The van der Waals surface area contributed by atoms with Gasteiger partial charge >= 0.3 is 0 Å². The normalized spacial score (nSPS) is 29.9. The Balaban J connectivity index is 0.00000169. The van der Waals surface area contributed by atoms with Gasteiger partial charge in [0.15, 0.2) is 5.82 Å². The first-order chi connectivity index (χ1) is 11.3. The Kier molecular flexibility index (Phi) is 5.45. The lowest BCUT2D eigenvalue weighted by atomic mass is 9.80. The fraction of sp³-hybridized carbons (Fsp3) is 0.824. The van der Waals surface area contributed by atoms with Gasteiger partial charge in [-0.25, -0.2) is 0 Å². The summed E-state index contributed by atoms with van der Waals surface area (Å²) in [7, 11) is 0. The van der Waals surface area contributed by atoms with Gasteiger partial charge in [0.05, 0.1) is 11.8 Å². The van der Waals surface area contributed by atoms with Gasteiger partial charge in [0.2, 0.25) is 11.8 Å². The third-order valence-electron chi connectivity index (χ3n) is 5.97. The predicted octanol–water partition coefficient (Wildman–Crippen LogP) is 2.12. The standard InChI is InChI=1S/C17H26N4O2.ClH/c22-15(19-13-6-2-1-3-7-13)9-14-20-16(23-21-14)17-8-4-5-12(17)10-18-11-17;/h12-13,18H,1-11H2,(H,19,22);1H/t12-,17-;/m1./s1. The molecule has 0 radical (unpaired) electrons. The molecule has 1 amide bonds. The van der Waals surface area contributed by atoms with E-state index in [9.17, 15) is 4.79 Å². The summed E-state index contributed by atoms with van der Waals surface area (Å²) in [5, 5.41) is 10.7. The maximum absolute atomic E-state index is 12.2. The van der Waals surface area contributed by atoms with E-state index < -0.39 is 0 Å². The fourth-order valence-electron chi connectivity index (χ4n) is 4.70. The Bertz CT molecular complexity index is 561. The van der Waals surface area contributed by atoms with E-state index >= 15 is 0 Å². The summed E-state index contributed by atoms with van der Waals surface area (Å²) in [6.45, 7) is 1.97. The minimum absolute atomic E-state index is 0. The van der Waals surface area contributed by atoms with Crippen LogP contribution in [-0.4, -0.2) is 35.2 Å². The van der Waals surface area contributed by atoms with Crippen molar-refractivity contribution in [3.05, 3.63) is 11.7 Å². The molecule has 1 aliphatic heterocycles. The van der Waals surface area contributed by atoms with Crippen molar-refractivity contribution >= 4 is 18.3 Å². The first kappa shape index (κ1) is 17.7. The lowest BCUT2D eigenvalue weighted by Crippen LogP contribution is -2.37. The lowest BCUT2D eigenvalue weighted by molar-refractivity contribution is -0.121. The maximum Gasteiger partial charge on any atom is 0.234 e. The number of nitrogens with one attached hydrogen (secondary N) is 2. The molecule has 0 bridgehead atoms. The molecule has 2 atom stereocenters. The third kappa shape index (κ3) is 3.31. The van der Waals surface area contributed by atoms with Gasteiger partial charge in [-0.15, -0.1) is 12.4 Å². The highest BCUT2D eigenvalue weighted by atomic mass is 35.5. The van der Waals surface area contributed by atoms with Crippen LogP contribution < -0.4 is 10.6 Å². The molecule has 1 aromatic heterocycles. The molecule has 2 saturated carbocycles. The number of carbonyl (C=O) groups excluding carboxylic acids is 1. The Hall–Kier alpha value is -1.14. The topological polar surface area (TPSA) is 80.1 Å². The summed E-state index contributed by atoms with van der Waals surface area (Å²) >= 11 is 0. The zero-order chi connectivity index (χ0) is 15.7. The summed E-state index contributed by atoms with van der Waals surface area (Å²) < 4.78 is 5.56. The number of aromatic nitrogens is 2. The molecule has 2 aliphatic carbocycles. The number of hydrogen-bond donors (Lipinski definition) is 2. The smallest absolute Gasteiger partial charge is 0.234 e. The van der Waals surface area contributed by atoms with Crippen LogP contribution >= 0.6 is 12.4 Å². The number of carbonyl (C=O) groups is 1. The second-order valence-electron chi connectivity index (χ2n) is 7.47. The molecule has 1 aromatic rings. The van der Waals surface area contributed by atoms with Crippen molar-refractivity contribution in [1.82, 2.24) is 20.8 Å². The number of halogens is 1. The van der Waals surface area contributed by atoms with Gasteiger partial charge in [-0.05, 0) is 38.1 Å². The first-order valence-corrected chi connectivity index (χ1v) is 9.09. The zero-order valence-electron chi connectivity index (χ0n) is 14.1. The Morgan fingerprint density at radius 2 is 2.08 bits per heavy atom. The van der Waals surface area contributed by atoms with Crippen LogP contribution in [-0.2, 0) is 16.6 Å². The van der Waals surface area contributed by atoms with Gasteiger partial charge in [-0.3, -0.25) is 4.79 Å². The van der Waals surface area contributed by atoms with Crippen molar-refractivity contribution in [2.24, 2.45) is 5.92 Å². The van der Waals surface area contributed by atoms with Gasteiger partial charge < -0.3 is 15.2 Å². The number of fused-ring (bicyclic) bond motifs is 1. The minimum atomic E-state index is 0. The molecule has 0 unspecified atom stereocenters. The molecular formula is C17H27ClN4O2. The highest BCUT2D eigenvalue weighted by molar-refractivity contribution is 5.85. The molecule has 3 fully saturated rings. The van der Waals surface area contributed by atoms with Crippen molar-refractivity contribution in [3.8, 4) is 0 Å². The van der Waals surface area contributed by atoms with E-state index in [1.165, 1.54) is 32.1 Å². The minimum Gasteiger partial charge on any atom is -0.353 e. The van der Waals surface area contributed by atoms with Crippen LogP contribution in [0.4, 0.5) is 0 Å². The van der Waals surface area contributed by atoms with Crippen molar-refractivity contribution in [2.45, 2.75) is 69.2 Å². The maximum atomic E-state index is 12.2. The van der Waals surface area contributed by atoms with Crippen LogP contribution in [0.3, 0.4) is 0 Å². The molecule has 134 valence electrons. The van der Waals surface area contributed by atoms with E-state index in [-0.39, 0.29) is 30.2 Å². The van der Waals surface area contributed by atoms with E-state index in [0.29, 0.717) is 17.8 Å². The molecule has 6 nitrogen and oxygen atoms in total. The SMILES string of the molecule is Cl.O=C(Cc1noc([C@@]23CCC[C@@H]2CNC3)n1)NC1CCCCC1. The number of rotatable bonds is 4. The molecule has 24 heavy (non-hydrogen) atoms. The summed E-state index contributed by atoms with van der Waals surface area (Å²) in [5.41, 5.74) is 0.0189. The van der Waals surface area contributed by atoms with Crippen LogP contribution in [0.25, 0.3) is 0 Å². The summed E-state index contributed by atoms with van der Waals surface area (Å²) in [6, 6.07) is 0.333. The van der Waals surface area contributed by atoms with Crippen LogP contribution in [0.15, 0.2) is 4.52 Å². The fourth-order valence-corrected chi connectivity index (χ4v) is 4.70. The summed E-state index contributed by atoms with van der Waals surface area (Å²) in [6.07, 6.45) is 9.72. The van der Waals surface area contributed by atoms with Crippen LogP contribution in [0.5, 0.6) is 0 Å². The highest BCUT2D eigenvalue weighted by Crippen LogP contribution is 2.47. The van der Waals surface area contributed by atoms with Crippen molar-refractivity contribution in [3.63, 3.8) is 0 Å². The van der Waals surface area contributed by atoms with Crippen molar-refractivity contribution in [1.29, 1.82) is 0 Å². The van der Waals surface area contributed by atoms with E-state index in [2.05, 4.69) is 20.8 Å². The Morgan fingerprint density at radius 3 is 2.92 bits per heavy atom. The Labute approximate surface area is 148 Å². The molecule has 4 rings (SSSR count). The van der Waals surface area contributed by atoms with E-state index in [0.717, 1.165) is 38.2 Å². The molecule has 0 spiro atoms. The number of amides is 1. The molecule has 2 heterocycles. The molecule has 2 N–H and O–H groups in total. The molecule has 7 heteroatoms. The van der Waals surface area contributed by atoms with Crippen LogP contribution in [0, 0.1) is 5.92 Å². The average molecular weight is 355 g/mol. The van der Waals surface area contributed by atoms with Gasteiger partial charge in [-0.1, -0.05) is 30.8 Å².